The summed E-state index contributed by atoms with van der Waals surface area (Å²) < 4.78 is 15.3. The molecule has 3 aromatic rings. The van der Waals surface area contributed by atoms with Crippen LogP contribution in [0.2, 0.25) is 0 Å². The maximum absolute atomic E-state index is 13.7. The van der Waals surface area contributed by atoms with Crippen molar-refractivity contribution in [1.29, 1.82) is 0 Å². The maximum Gasteiger partial charge on any atom is 0.269 e. The molecule has 2 N–H and O–H groups in total. The van der Waals surface area contributed by atoms with Gasteiger partial charge in [0.15, 0.2) is 11.0 Å². The van der Waals surface area contributed by atoms with Crippen LogP contribution in [0.3, 0.4) is 0 Å². The van der Waals surface area contributed by atoms with E-state index in [0.717, 1.165) is 11.8 Å². The first-order valence-electron chi connectivity index (χ1n) is 8.93. The second kappa shape index (κ2) is 9.80. The second-order valence-electron chi connectivity index (χ2n) is 6.26. The van der Waals surface area contributed by atoms with Crippen LogP contribution in [0.1, 0.15) is 16.2 Å². The number of nitro benzene ring substituents is 1. The van der Waals surface area contributed by atoms with Crippen molar-refractivity contribution >= 4 is 35.0 Å². The third-order valence-electron chi connectivity index (χ3n) is 4.14. The Kier molecular flexibility index (Phi) is 6.92. The number of rotatable bonds is 8. The average Bonchev–Trinajstić information content (AvgIpc) is 3.10. The Morgan fingerprint density at radius 3 is 2.55 bits per heavy atom. The number of hydrogen-bond donors (Lipinski definition) is 2. The zero-order valence-corrected chi connectivity index (χ0v) is 17.1. The number of thioether (sulfide) groups is 1. The van der Waals surface area contributed by atoms with E-state index in [0.29, 0.717) is 16.7 Å². The molecule has 10 nitrogen and oxygen atoms in total. The summed E-state index contributed by atoms with van der Waals surface area (Å²) in [5, 5.41) is 24.3. The predicted molar refractivity (Wildman–Crippen MR) is 111 cm³/mol. The number of carbonyl (C=O) groups excluding carboxylic acids is 2. The first kappa shape index (κ1) is 21.9. The molecule has 0 aliphatic rings. The molecule has 3 rings (SSSR count). The lowest BCUT2D eigenvalue weighted by molar-refractivity contribution is -0.384. The van der Waals surface area contributed by atoms with Gasteiger partial charge in [-0.05, 0) is 24.3 Å². The Morgan fingerprint density at radius 1 is 1.16 bits per heavy atom. The molecular weight excluding hydrogens is 427 g/mol. The van der Waals surface area contributed by atoms with Crippen molar-refractivity contribution in [3.63, 3.8) is 0 Å². The van der Waals surface area contributed by atoms with Gasteiger partial charge in [-0.1, -0.05) is 23.9 Å². The summed E-state index contributed by atoms with van der Waals surface area (Å²) in [7, 11) is 1.68. The van der Waals surface area contributed by atoms with Gasteiger partial charge in [0.25, 0.3) is 11.6 Å². The quantitative estimate of drug-likeness (QED) is 0.310. The van der Waals surface area contributed by atoms with Crippen molar-refractivity contribution in [3.8, 4) is 0 Å². The van der Waals surface area contributed by atoms with Crippen LogP contribution in [-0.2, 0) is 18.4 Å². The van der Waals surface area contributed by atoms with E-state index in [1.807, 2.05) is 0 Å². The van der Waals surface area contributed by atoms with Crippen LogP contribution < -0.4 is 10.6 Å². The molecule has 0 unspecified atom stereocenters. The van der Waals surface area contributed by atoms with E-state index in [1.165, 1.54) is 42.5 Å². The first-order chi connectivity index (χ1) is 14.8. The molecule has 12 heteroatoms. The fraction of sp³-hybridized carbons (Fsp3) is 0.158. The lowest BCUT2D eigenvalue weighted by Gasteiger charge is -2.07. The number of nitro groups is 1. The molecule has 0 fully saturated rings. The van der Waals surface area contributed by atoms with Crippen molar-refractivity contribution in [2.24, 2.45) is 7.05 Å². The molecule has 2 amide bonds. The highest BCUT2D eigenvalue weighted by molar-refractivity contribution is 7.99. The summed E-state index contributed by atoms with van der Waals surface area (Å²) in [6.45, 7) is 0.0339. The van der Waals surface area contributed by atoms with E-state index in [-0.39, 0.29) is 29.5 Å². The number of hydrogen-bond acceptors (Lipinski definition) is 7. The van der Waals surface area contributed by atoms with E-state index >= 15 is 0 Å². The van der Waals surface area contributed by atoms with Crippen molar-refractivity contribution in [2.75, 3.05) is 11.1 Å². The number of amides is 2. The average molecular weight is 444 g/mol. The monoisotopic (exact) mass is 444 g/mol. The van der Waals surface area contributed by atoms with Gasteiger partial charge in [0, 0.05) is 24.9 Å². The minimum absolute atomic E-state index is 0.0323. The summed E-state index contributed by atoms with van der Waals surface area (Å²) in [5.41, 5.74) is 0.300. The molecule has 0 saturated heterocycles. The molecule has 31 heavy (non-hydrogen) atoms. The topological polar surface area (TPSA) is 132 Å². The van der Waals surface area contributed by atoms with Crippen LogP contribution in [0.5, 0.6) is 0 Å². The van der Waals surface area contributed by atoms with Crippen LogP contribution in [0, 0.1) is 15.9 Å². The van der Waals surface area contributed by atoms with Crippen LogP contribution in [0.15, 0.2) is 53.7 Å². The number of benzene rings is 2. The minimum atomic E-state index is -0.617. The van der Waals surface area contributed by atoms with Crippen LogP contribution in [-0.4, -0.2) is 37.3 Å². The number of nitrogens with zero attached hydrogens (tertiary/aromatic N) is 4. The van der Waals surface area contributed by atoms with E-state index < -0.39 is 16.6 Å². The van der Waals surface area contributed by atoms with Gasteiger partial charge in [-0.2, -0.15) is 0 Å². The lowest BCUT2D eigenvalue weighted by atomic mass is 10.2. The summed E-state index contributed by atoms with van der Waals surface area (Å²) in [6.07, 6.45) is 0. The molecular formula is C19H17FN6O4S. The highest BCUT2D eigenvalue weighted by Gasteiger charge is 2.15. The third-order valence-corrected chi connectivity index (χ3v) is 5.17. The van der Waals surface area contributed by atoms with E-state index in [4.69, 9.17) is 0 Å². The van der Waals surface area contributed by atoms with Gasteiger partial charge >= 0.3 is 0 Å². The SMILES string of the molecule is Cn1c(CNC(=O)c2ccccc2F)nnc1SCC(=O)Nc1ccc([N+](=O)[O-])cc1. The summed E-state index contributed by atoms with van der Waals surface area (Å²) >= 11 is 1.13. The number of halogens is 1. The normalized spacial score (nSPS) is 10.5. The Hall–Kier alpha value is -3.80. The minimum Gasteiger partial charge on any atom is -0.345 e. The maximum atomic E-state index is 13.7. The Labute approximate surface area is 180 Å². The highest BCUT2D eigenvalue weighted by atomic mass is 32.2. The van der Waals surface area contributed by atoms with Crippen LogP contribution >= 0.6 is 11.8 Å². The van der Waals surface area contributed by atoms with E-state index in [1.54, 1.807) is 17.7 Å². The molecule has 1 heterocycles. The lowest BCUT2D eigenvalue weighted by Crippen LogP contribution is -2.25. The number of carbonyl (C=O) groups is 2. The Balaban J connectivity index is 1.51. The van der Waals surface area contributed by atoms with E-state index in [2.05, 4.69) is 20.8 Å². The van der Waals surface area contributed by atoms with Crippen LogP contribution in [0.25, 0.3) is 0 Å². The Morgan fingerprint density at radius 2 is 1.87 bits per heavy atom. The van der Waals surface area contributed by atoms with Gasteiger partial charge in [0.1, 0.15) is 5.82 Å². The van der Waals surface area contributed by atoms with Gasteiger partial charge < -0.3 is 15.2 Å². The van der Waals surface area contributed by atoms with Crippen molar-refractivity contribution < 1.29 is 18.9 Å². The molecule has 0 radical (unpaired) electrons. The summed E-state index contributed by atoms with van der Waals surface area (Å²) in [4.78, 5) is 34.3. The second-order valence-corrected chi connectivity index (χ2v) is 7.20. The van der Waals surface area contributed by atoms with Crippen LogP contribution in [0.4, 0.5) is 15.8 Å². The summed E-state index contributed by atoms with van der Waals surface area (Å²) in [6, 6.07) is 11.1. The Bertz CT molecular complexity index is 1120. The van der Waals surface area contributed by atoms with Crippen molar-refractivity contribution in [2.45, 2.75) is 11.7 Å². The third kappa shape index (κ3) is 5.63. The van der Waals surface area contributed by atoms with Gasteiger partial charge in [-0.3, -0.25) is 19.7 Å². The molecule has 0 saturated carbocycles. The molecule has 0 spiro atoms. The number of nitrogens with one attached hydrogen (secondary N) is 2. The zero-order valence-electron chi connectivity index (χ0n) is 16.2. The highest BCUT2D eigenvalue weighted by Crippen LogP contribution is 2.18. The molecule has 2 aromatic carbocycles. The zero-order chi connectivity index (χ0) is 22.4. The molecule has 0 atom stereocenters. The molecule has 0 aliphatic carbocycles. The summed E-state index contributed by atoms with van der Waals surface area (Å²) in [5.74, 6) is -1.05. The van der Waals surface area contributed by atoms with Gasteiger partial charge in [0.2, 0.25) is 5.91 Å². The fourth-order valence-corrected chi connectivity index (χ4v) is 3.25. The largest absolute Gasteiger partial charge is 0.345 e. The molecule has 1 aromatic heterocycles. The molecule has 0 aliphatic heterocycles. The number of anilines is 1. The molecule has 160 valence electrons. The standard InChI is InChI=1S/C19H17FN6O4S/c1-25-16(10-21-18(28)14-4-2-3-5-15(14)20)23-24-19(25)31-11-17(27)22-12-6-8-13(9-7-12)26(29)30/h2-9H,10-11H2,1H3,(H,21,28)(H,22,27). The number of non-ortho nitro benzene ring substituents is 1. The van der Waals surface area contributed by atoms with Gasteiger partial charge in [-0.25, -0.2) is 4.39 Å². The fourth-order valence-electron chi connectivity index (χ4n) is 2.52. The first-order valence-corrected chi connectivity index (χ1v) is 9.92. The van der Waals surface area contributed by atoms with Crippen molar-refractivity contribution in [3.05, 3.63) is 75.9 Å². The predicted octanol–water partition coefficient (Wildman–Crippen LogP) is 2.52. The van der Waals surface area contributed by atoms with Crippen molar-refractivity contribution in [1.82, 2.24) is 20.1 Å². The number of aromatic nitrogens is 3. The smallest absolute Gasteiger partial charge is 0.269 e. The van der Waals surface area contributed by atoms with E-state index in [9.17, 15) is 24.1 Å². The molecule has 0 bridgehead atoms. The van der Waals surface area contributed by atoms with Gasteiger partial charge in [0.05, 0.1) is 22.8 Å². The van der Waals surface area contributed by atoms with Gasteiger partial charge in [-0.15, -0.1) is 10.2 Å².